The second-order valence-electron chi connectivity index (χ2n) is 7.56. The van der Waals surface area contributed by atoms with Crippen LogP contribution in [0.2, 0.25) is 0 Å². The highest BCUT2D eigenvalue weighted by Gasteiger charge is 2.47. The molecule has 1 saturated carbocycles. The summed E-state index contributed by atoms with van der Waals surface area (Å²) in [5.74, 6) is 0.424. The number of benzene rings is 1. The number of nitrogens with zero attached hydrogens (tertiary/aromatic N) is 2. The fraction of sp³-hybridized carbons (Fsp3) is 0.381. The van der Waals surface area contributed by atoms with Gasteiger partial charge < -0.3 is 10.2 Å². The highest BCUT2D eigenvalue weighted by Crippen LogP contribution is 2.38. The number of aryl methyl sites for hydroxylation is 2. The first-order valence-electron chi connectivity index (χ1n) is 9.11. The topological polar surface area (TPSA) is 62.3 Å². The van der Waals surface area contributed by atoms with Crippen LogP contribution in [0.25, 0.3) is 0 Å². The van der Waals surface area contributed by atoms with Gasteiger partial charge in [0.25, 0.3) is 11.8 Å². The van der Waals surface area contributed by atoms with Crippen LogP contribution in [0.4, 0.5) is 0 Å². The van der Waals surface area contributed by atoms with Gasteiger partial charge in [-0.25, -0.2) is 0 Å². The summed E-state index contributed by atoms with van der Waals surface area (Å²) < 4.78 is 0. The monoisotopic (exact) mass is 349 g/mol. The van der Waals surface area contributed by atoms with Gasteiger partial charge in [0.15, 0.2) is 0 Å². The van der Waals surface area contributed by atoms with Crippen molar-refractivity contribution in [2.24, 2.45) is 5.92 Å². The molecule has 1 N–H and O–H groups in total. The Morgan fingerprint density at radius 1 is 1.12 bits per heavy atom. The maximum Gasteiger partial charge on any atom is 0.254 e. The van der Waals surface area contributed by atoms with Gasteiger partial charge in [-0.1, -0.05) is 17.2 Å². The molecule has 2 bridgehead atoms. The van der Waals surface area contributed by atoms with Crippen LogP contribution < -0.4 is 5.32 Å². The second kappa shape index (κ2) is 6.56. The van der Waals surface area contributed by atoms with Crippen LogP contribution in [-0.4, -0.2) is 40.3 Å². The number of amides is 2. The van der Waals surface area contributed by atoms with Crippen molar-refractivity contribution in [1.29, 1.82) is 0 Å². The lowest BCUT2D eigenvalue weighted by atomic mass is 10.0. The van der Waals surface area contributed by atoms with E-state index in [1.165, 1.54) is 0 Å². The van der Waals surface area contributed by atoms with E-state index in [1.54, 1.807) is 24.5 Å². The van der Waals surface area contributed by atoms with E-state index in [-0.39, 0.29) is 23.9 Å². The molecule has 134 valence electrons. The third-order valence-electron chi connectivity index (χ3n) is 5.45. The molecular formula is C21H23N3O2. The second-order valence-corrected chi connectivity index (χ2v) is 7.56. The van der Waals surface area contributed by atoms with E-state index in [4.69, 9.17) is 0 Å². The quantitative estimate of drug-likeness (QED) is 0.927. The lowest BCUT2D eigenvalue weighted by Gasteiger charge is -2.34. The molecule has 5 nitrogen and oxygen atoms in total. The van der Waals surface area contributed by atoms with Crippen molar-refractivity contribution in [2.45, 2.75) is 38.8 Å². The summed E-state index contributed by atoms with van der Waals surface area (Å²) in [6.45, 7) is 4.81. The highest BCUT2D eigenvalue weighted by atomic mass is 16.2. The Labute approximate surface area is 153 Å². The molecule has 1 saturated heterocycles. The summed E-state index contributed by atoms with van der Waals surface area (Å²) >= 11 is 0. The number of carbonyl (C=O) groups is 2. The smallest absolute Gasteiger partial charge is 0.254 e. The van der Waals surface area contributed by atoms with E-state index in [0.29, 0.717) is 11.5 Å². The van der Waals surface area contributed by atoms with E-state index in [9.17, 15) is 9.59 Å². The van der Waals surface area contributed by atoms with Crippen molar-refractivity contribution >= 4 is 11.8 Å². The molecule has 0 spiro atoms. The van der Waals surface area contributed by atoms with Crippen molar-refractivity contribution in [3.8, 4) is 0 Å². The minimum absolute atomic E-state index is 0.0105. The van der Waals surface area contributed by atoms with E-state index < -0.39 is 0 Å². The van der Waals surface area contributed by atoms with Crippen molar-refractivity contribution in [2.75, 3.05) is 6.54 Å². The van der Waals surface area contributed by atoms with Gasteiger partial charge in [0.05, 0.1) is 11.6 Å². The van der Waals surface area contributed by atoms with Crippen LogP contribution >= 0.6 is 0 Å². The number of likely N-dealkylation sites (tertiary alicyclic amines) is 1. The number of rotatable bonds is 3. The number of aromatic nitrogens is 1. The van der Waals surface area contributed by atoms with Gasteiger partial charge in [0, 0.05) is 30.5 Å². The van der Waals surface area contributed by atoms with E-state index in [1.807, 2.05) is 30.9 Å². The highest BCUT2D eigenvalue weighted by molar-refractivity contribution is 5.96. The molecule has 4 rings (SSSR count). The van der Waals surface area contributed by atoms with Gasteiger partial charge in [-0.2, -0.15) is 0 Å². The molecule has 3 atom stereocenters. The lowest BCUT2D eigenvalue weighted by Crippen LogP contribution is -2.52. The normalized spacial score (nSPS) is 23.9. The SMILES string of the molecule is Cc1cc(C)cc(C(=O)N2C[C@@H]3C[C@H](NC(=O)c4cccnc4)[C@H]2C3)c1. The van der Waals surface area contributed by atoms with Crippen LogP contribution in [0.1, 0.15) is 44.7 Å². The van der Waals surface area contributed by atoms with Crippen molar-refractivity contribution < 1.29 is 9.59 Å². The van der Waals surface area contributed by atoms with Crippen LogP contribution in [-0.2, 0) is 0 Å². The Balaban J connectivity index is 1.50. The van der Waals surface area contributed by atoms with Crippen LogP contribution in [0, 0.1) is 19.8 Å². The summed E-state index contributed by atoms with van der Waals surface area (Å²) in [6, 6.07) is 9.57. The van der Waals surface area contributed by atoms with Gasteiger partial charge in [-0.3, -0.25) is 14.6 Å². The van der Waals surface area contributed by atoms with Crippen LogP contribution in [0.5, 0.6) is 0 Å². The lowest BCUT2D eigenvalue weighted by molar-refractivity contribution is 0.0648. The number of nitrogens with one attached hydrogen (secondary N) is 1. The van der Waals surface area contributed by atoms with Gasteiger partial charge >= 0.3 is 0 Å². The Bertz CT molecular complexity index is 829. The summed E-state index contributed by atoms with van der Waals surface area (Å²) in [4.78, 5) is 31.5. The number of pyridine rings is 1. The third-order valence-corrected chi connectivity index (χ3v) is 5.45. The van der Waals surface area contributed by atoms with E-state index in [2.05, 4.69) is 16.4 Å². The minimum Gasteiger partial charge on any atom is -0.347 e. The van der Waals surface area contributed by atoms with Gasteiger partial charge in [0.2, 0.25) is 0 Å². The van der Waals surface area contributed by atoms with Gasteiger partial charge in [0.1, 0.15) is 0 Å². The fourth-order valence-corrected chi connectivity index (χ4v) is 4.43. The molecule has 2 amide bonds. The number of hydrogen-bond donors (Lipinski definition) is 1. The summed E-state index contributed by atoms with van der Waals surface area (Å²) in [5, 5.41) is 3.11. The molecule has 1 aliphatic carbocycles. The molecule has 2 aromatic rings. The maximum atomic E-state index is 13.0. The average Bonchev–Trinajstić information content (AvgIpc) is 3.21. The third kappa shape index (κ3) is 3.09. The number of fused-ring (bicyclic) bond motifs is 2. The summed E-state index contributed by atoms with van der Waals surface area (Å²) in [7, 11) is 0. The Kier molecular flexibility index (Phi) is 4.23. The molecule has 2 fully saturated rings. The first kappa shape index (κ1) is 16.8. The largest absolute Gasteiger partial charge is 0.347 e. The van der Waals surface area contributed by atoms with Crippen molar-refractivity contribution in [1.82, 2.24) is 15.2 Å². The zero-order valence-corrected chi connectivity index (χ0v) is 15.1. The molecule has 5 heteroatoms. The number of piperidine rings is 1. The Hall–Kier alpha value is -2.69. The molecule has 0 radical (unpaired) electrons. The predicted molar refractivity (Wildman–Crippen MR) is 99.0 cm³/mol. The van der Waals surface area contributed by atoms with E-state index >= 15 is 0 Å². The van der Waals surface area contributed by atoms with Crippen LogP contribution in [0.15, 0.2) is 42.7 Å². The van der Waals surface area contributed by atoms with E-state index in [0.717, 1.165) is 36.1 Å². The number of hydrogen-bond acceptors (Lipinski definition) is 3. The predicted octanol–water partition coefficient (Wildman–Crippen LogP) is 2.73. The van der Waals surface area contributed by atoms with Crippen LogP contribution in [0.3, 0.4) is 0 Å². The standard InChI is InChI=1S/C21H23N3O2/c1-13-6-14(2)8-17(7-13)21(26)24-12-15-9-18(19(24)10-15)23-20(25)16-4-3-5-22-11-16/h3-8,11,15,18-19H,9-10,12H2,1-2H3,(H,23,25)/t15-,18+,19-/m1/s1. The first-order chi connectivity index (χ1) is 12.5. The minimum atomic E-state index is -0.116. The Morgan fingerprint density at radius 2 is 1.88 bits per heavy atom. The number of carbonyl (C=O) groups excluding carboxylic acids is 2. The average molecular weight is 349 g/mol. The molecule has 1 aromatic carbocycles. The maximum absolute atomic E-state index is 13.0. The summed E-state index contributed by atoms with van der Waals surface area (Å²) in [5.41, 5.74) is 3.49. The van der Waals surface area contributed by atoms with Gasteiger partial charge in [-0.05, 0) is 56.9 Å². The molecule has 1 aliphatic heterocycles. The fourth-order valence-electron chi connectivity index (χ4n) is 4.43. The van der Waals surface area contributed by atoms with Gasteiger partial charge in [-0.15, -0.1) is 0 Å². The molecule has 0 unspecified atom stereocenters. The molecule has 2 heterocycles. The van der Waals surface area contributed by atoms with Crippen molar-refractivity contribution in [3.63, 3.8) is 0 Å². The Morgan fingerprint density at radius 3 is 2.54 bits per heavy atom. The van der Waals surface area contributed by atoms with Crippen molar-refractivity contribution in [3.05, 3.63) is 65.0 Å². The zero-order valence-electron chi connectivity index (χ0n) is 15.1. The zero-order chi connectivity index (χ0) is 18.3. The molecule has 26 heavy (non-hydrogen) atoms. The first-order valence-corrected chi connectivity index (χ1v) is 9.11. The molecule has 2 aliphatic rings. The molecule has 1 aromatic heterocycles. The molecular weight excluding hydrogens is 326 g/mol. The summed E-state index contributed by atoms with van der Waals surface area (Å²) in [6.07, 6.45) is 5.13.